The van der Waals surface area contributed by atoms with Crippen molar-refractivity contribution in [2.75, 3.05) is 0 Å². The molecule has 0 bridgehead atoms. The van der Waals surface area contributed by atoms with Crippen molar-refractivity contribution in [1.29, 1.82) is 0 Å². The van der Waals surface area contributed by atoms with Gasteiger partial charge in [-0.1, -0.05) is 23.7 Å². The van der Waals surface area contributed by atoms with Gasteiger partial charge in [0.1, 0.15) is 5.75 Å². The van der Waals surface area contributed by atoms with E-state index in [0.717, 1.165) is 5.56 Å². The Labute approximate surface area is 137 Å². The highest BCUT2D eigenvalue weighted by atomic mass is 35.5. The number of phenols is 1. The van der Waals surface area contributed by atoms with Gasteiger partial charge >= 0.3 is 5.97 Å². The molecule has 0 aliphatic carbocycles. The first-order valence-electron chi connectivity index (χ1n) is 6.86. The Kier molecular flexibility index (Phi) is 3.80. The van der Waals surface area contributed by atoms with Crippen LogP contribution in [0.1, 0.15) is 16.1 Å². The fourth-order valence-electron chi connectivity index (χ4n) is 2.46. The van der Waals surface area contributed by atoms with Crippen molar-refractivity contribution in [1.82, 2.24) is 9.78 Å². The Morgan fingerprint density at radius 2 is 1.78 bits per heavy atom. The Morgan fingerprint density at radius 1 is 1.13 bits per heavy atom. The van der Waals surface area contributed by atoms with E-state index in [0.29, 0.717) is 22.0 Å². The van der Waals surface area contributed by atoms with Gasteiger partial charge in [0.05, 0.1) is 16.4 Å². The number of carboxylic acids is 1. The van der Waals surface area contributed by atoms with Crippen LogP contribution in [0, 0.1) is 6.92 Å². The van der Waals surface area contributed by atoms with E-state index in [1.807, 2.05) is 0 Å². The molecular weight excluding hydrogens is 316 g/mol. The second kappa shape index (κ2) is 5.78. The summed E-state index contributed by atoms with van der Waals surface area (Å²) in [5.74, 6) is -0.970. The number of aromatic nitrogens is 2. The zero-order chi connectivity index (χ0) is 16.6. The Balaban J connectivity index is 2.31. The second-order valence-corrected chi connectivity index (χ2v) is 5.44. The van der Waals surface area contributed by atoms with E-state index in [9.17, 15) is 15.0 Å². The smallest absolute Gasteiger partial charge is 0.356 e. The van der Waals surface area contributed by atoms with E-state index in [2.05, 4.69) is 5.10 Å². The minimum Gasteiger partial charge on any atom is -0.508 e. The lowest BCUT2D eigenvalue weighted by atomic mass is 10.1. The van der Waals surface area contributed by atoms with Crippen LogP contribution in [0.5, 0.6) is 5.75 Å². The van der Waals surface area contributed by atoms with Crippen molar-refractivity contribution in [3.8, 4) is 22.7 Å². The third-order valence-electron chi connectivity index (χ3n) is 3.55. The number of rotatable bonds is 3. The number of benzene rings is 2. The average molecular weight is 329 g/mol. The first kappa shape index (κ1) is 15.1. The fraction of sp³-hybridized carbons (Fsp3) is 0.0588. The summed E-state index contributed by atoms with van der Waals surface area (Å²) in [4.78, 5) is 11.4. The summed E-state index contributed by atoms with van der Waals surface area (Å²) in [7, 11) is 0. The number of para-hydroxylation sites is 1. The third-order valence-corrected chi connectivity index (χ3v) is 3.87. The molecule has 0 saturated heterocycles. The van der Waals surface area contributed by atoms with Crippen LogP contribution in [0.15, 0.2) is 48.5 Å². The molecule has 1 aromatic heterocycles. The molecule has 5 nitrogen and oxygen atoms in total. The molecule has 116 valence electrons. The van der Waals surface area contributed by atoms with E-state index in [4.69, 9.17) is 11.6 Å². The molecule has 0 radical (unpaired) electrons. The molecule has 0 fully saturated rings. The number of aromatic carboxylic acids is 1. The van der Waals surface area contributed by atoms with E-state index in [-0.39, 0.29) is 11.4 Å². The van der Waals surface area contributed by atoms with Crippen LogP contribution >= 0.6 is 11.6 Å². The number of nitrogens with zero attached hydrogens (tertiary/aromatic N) is 2. The maximum Gasteiger partial charge on any atom is 0.356 e. The summed E-state index contributed by atoms with van der Waals surface area (Å²) < 4.78 is 1.52. The number of halogens is 1. The van der Waals surface area contributed by atoms with Gasteiger partial charge in [-0.15, -0.1) is 0 Å². The molecule has 0 aliphatic heterocycles. The van der Waals surface area contributed by atoms with Crippen LogP contribution in [0.2, 0.25) is 5.02 Å². The Hall–Kier alpha value is -2.79. The van der Waals surface area contributed by atoms with Crippen LogP contribution < -0.4 is 0 Å². The predicted molar refractivity (Wildman–Crippen MR) is 87.4 cm³/mol. The van der Waals surface area contributed by atoms with Gasteiger partial charge in [-0.25, -0.2) is 9.48 Å². The molecule has 3 aromatic rings. The van der Waals surface area contributed by atoms with Gasteiger partial charge in [0.25, 0.3) is 0 Å². The second-order valence-electron chi connectivity index (χ2n) is 5.04. The van der Waals surface area contributed by atoms with E-state index >= 15 is 0 Å². The maximum atomic E-state index is 11.4. The molecule has 0 atom stereocenters. The highest BCUT2D eigenvalue weighted by molar-refractivity contribution is 6.32. The van der Waals surface area contributed by atoms with Gasteiger partial charge in [-0.2, -0.15) is 5.10 Å². The summed E-state index contributed by atoms with van der Waals surface area (Å²) in [5, 5.41) is 23.5. The Bertz CT molecular complexity index is 885. The molecule has 0 aliphatic rings. The molecule has 2 N–H and O–H groups in total. The van der Waals surface area contributed by atoms with Crippen molar-refractivity contribution in [2.45, 2.75) is 6.92 Å². The lowest BCUT2D eigenvalue weighted by molar-refractivity contribution is 0.0689. The SMILES string of the molecule is Cc1c(C(=O)O)nn(-c2ccccc2Cl)c1-c1ccc(O)cc1. The zero-order valence-electron chi connectivity index (χ0n) is 12.2. The maximum absolute atomic E-state index is 11.4. The Morgan fingerprint density at radius 3 is 2.39 bits per heavy atom. The molecule has 0 spiro atoms. The lowest BCUT2D eigenvalue weighted by Crippen LogP contribution is -2.02. The molecule has 3 rings (SSSR count). The number of hydrogen-bond acceptors (Lipinski definition) is 3. The molecular formula is C17H13ClN2O3. The summed E-state index contributed by atoms with van der Waals surface area (Å²) >= 11 is 6.24. The predicted octanol–water partition coefficient (Wildman–Crippen LogP) is 3.90. The first-order chi connectivity index (χ1) is 11.0. The molecule has 23 heavy (non-hydrogen) atoms. The van der Waals surface area contributed by atoms with Gasteiger partial charge < -0.3 is 10.2 Å². The van der Waals surface area contributed by atoms with E-state index < -0.39 is 5.97 Å². The van der Waals surface area contributed by atoms with Gasteiger partial charge in [-0.3, -0.25) is 0 Å². The fourth-order valence-corrected chi connectivity index (χ4v) is 2.67. The quantitative estimate of drug-likeness (QED) is 0.764. The summed E-state index contributed by atoms with van der Waals surface area (Å²) in [6.07, 6.45) is 0. The number of carboxylic acid groups (broad SMARTS) is 1. The van der Waals surface area contributed by atoms with Crippen molar-refractivity contribution < 1.29 is 15.0 Å². The normalized spacial score (nSPS) is 10.7. The third kappa shape index (κ3) is 2.66. The van der Waals surface area contributed by atoms with Gasteiger partial charge in [0, 0.05) is 11.1 Å². The standard InChI is InChI=1S/C17H13ClN2O3/c1-10-15(17(22)23)19-20(14-5-3-2-4-13(14)18)16(10)11-6-8-12(21)9-7-11/h2-9,21H,1H3,(H,22,23). The largest absolute Gasteiger partial charge is 0.508 e. The van der Waals surface area contributed by atoms with Crippen molar-refractivity contribution in [2.24, 2.45) is 0 Å². The van der Waals surface area contributed by atoms with Crippen LogP contribution in [-0.4, -0.2) is 26.0 Å². The lowest BCUT2D eigenvalue weighted by Gasteiger charge is -2.10. The number of carbonyl (C=O) groups is 1. The molecule has 6 heteroatoms. The van der Waals surface area contributed by atoms with Crippen LogP contribution in [0.3, 0.4) is 0 Å². The summed E-state index contributed by atoms with van der Waals surface area (Å²) in [6.45, 7) is 1.70. The molecule has 0 unspecified atom stereocenters. The van der Waals surface area contributed by atoms with Crippen molar-refractivity contribution >= 4 is 17.6 Å². The molecule has 0 amide bonds. The number of aromatic hydroxyl groups is 1. The van der Waals surface area contributed by atoms with Crippen molar-refractivity contribution in [3.63, 3.8) is 0 Å². The first-order valence-corrected chi connectivity index (χ1v) is 7.24. The summed E-state index contributed by atoms with van der Waals surface area (Å²) in [6, 6.07) is 13.6. The summed E-state index contributed by atoms with van der Waals surface area (Å²) in [5.41, 5.74) is 2.44. The monoisotopic (exact) mass is 328 g/mol. The molecule has 0 saturated carbocycles. The van der Waals surface area contributed by atoms with Gasteiger partial charge in [-0.05, 0) is 43.3 Å². The molecule has 2 aromatic carbocycles. The van der Waals surface area contributed by atoms with Gasteiger partial charge in [0.2, 0.25) is 0 Å². The minimum atomic E-state index is -1.10. The minimum absolute atomic E-state index is 0.0343. The highest BCUT2D eigenvalue weighted by Crippen LogP contribution is 2.32. The van der Waals surface area contributed by atoms with E-state index in [1.165, 1.54) is 4.68 Å². The number of phenolic OH excluding ortho intramolecular Hbond substituents is 1. The topological polar surface area (TPSA) is 75.3 Å². The van der Waals surface area contributed by atoms with Crippen LogP contribution in [0.25, 0.3) is 16.9 Å². The van der Waals surface area contributed by atoms with E-state index in [1.54, 1.807) is 55.5 Å². The average Bonchev–Trinajstić information content (AvgIpc) is 2.86. The number of hydrogen-bond donors (Lipinski definition) is 2. The van der Waals surface area contributed by atoms with Crippen molar-refractivity contribution in [3.05, 3.63) is 64.8 Å². The van der Waals surface area contributed by atoms with Crippen LogP contribution in [0.4, 0.5) is 0 Å². The highest BCUT2D eigenvalue weighted by Gasteiger charge is 2.22. The molecule has 1 heterocycles. The zero-order valence-corrected chi connectivity index (χ0v) is 12.9. The van der Waals surface area contributed by atoms with Crippen LogP contribution in [-0.2, 0) is 0 Å². The van der Waals surface area contributed by atoms with Gasteiger partial charge in [0.15, 0.2) is 5.69 Å².